The topological polar surface area (TPSA) is 60.9 Å². The number of carbonyl (C=O) groups excluding carboxylic acids is 1. The van der Waals surface area contributed by atoms with E-state index in [2.05, 4.69) is 0 Å². The van der Waals surface area contributed by atoms with Crippen LogP contribution in [0.25, 0.3) is 6.08 Å². The molecule has 0 fully saturated rings. The lowest BCUT2D eigenvalue weighted by Crippen LogP contribution is -2.39. The van der Waals surface area contributed by atoms with Gasteiger partial charge in [0.05, 0.1) is 6.54 Å². The lowest BCUT2D eigenvalue weighted by molar-refractivity contribution is -0.131. The van der Waals surface area contributed by atoms with Gasteiger partial charge in [-0.05, 0) is 31.6 Å². The Hall–Kier alpha value is -2.30. The van der Waals surface area contributed by atoms with Crippen LogP contribution in [0.1, 0.15) is 19.4 Å². The fourth-order valence-corrected chi connectivity index (χ4v) is 2.10. The van der Waals surface area contributed by atoms with E-state index in [1.165, 1.54) is 6.08 Å². The molecule has 1 N–H and O–H groups in total. The maximum Gasteiger partial charge on any atom is 0.328 e. The average Bonchev–Trinajstić information content (AvgIpc) is 2.46. The van der Waals surface area contributed by atoms with Gasteiger partial charge in [-0.1, -0.05) is 18.2 Å². The molecule has 1 aromatic rings. The zero-order chi connectivity index (χ0) is 15.8. The number of amides is 1. The van der Waals surface area contributed by atoms with E-state index in [1.54, 1.807) is 4.90 Å². The number of carbonyl (C=O) groups is 2. The average molecular weight is 290 g/mol. The molecule has 0 aliphatic heterocycles. The van der Waals surface area contributed by atoms with Gasteiger partial charge < -0.3 is 14.9 Å². The molecular formula is C16H22N2O3. The standard InChI is InChI=1S/C16H22N2O3/c1-4-18(5-2)15(19)12-17(3)14-9-7-6-8-13(14)10-11-16(20)21/h6-11H,4-5,12H2,1-3H3,(H,20,21). The van der Waals surface area contributed by atoms with Crippen LogP contribution in [0.2, 0.25) is 0 Å². The van der Waals surface area contributed by atoms with E-state index in [4.69, 9.17) is 5.11 Å². The van der Waals surface area contributed by atoms with Crippen LogP contribution in [-0.2, 0) is 9.59 Å². The van der Waals surface area contributed by atoms with Crippen LogP contribution in [0.5, 0.6) is 0 Å². The van der Waals surface area contributed by atoms with E-state index in [0.717, 1.165) is 17.3 Å². The predicted molar refractivity (Wildman–Crippen MR) is 84.3 cm³/mol. The smallest absolute Gasteiger partial charge is 0.328 e. The minimum Gasteiger partial charge on any atom is -0.478 e. The van der Waals surface area contributed by atoms with Crippen LogP contribution in [-0.4, -0.2) is 48.6 Å². The first-order valence-corrected chi connectivity index (χ1v) is 6.98. The van der Waals surface area contributed by atoms with Crippen molar-refractivity contribution in [2.75, 3.05) is 31.6 Å². The van der Waals surface area contributed by atoms with Crippen LogP contribution < -0.4 is 4.90 Å². The molecule has 0 saturated carbocycles. The van der Waals surface area contributed by atoms with Crippen molar-refractivity contribution in [3.63, 3.8) is 0 Å². The zero-order valence-corrected chi connectivity index (χ0v) is 12.7. The van der Waals surface area contributed by atoms with Crippen LogP contribution in [0, 0.1) is 0 Å². The van der Waals surface area contributed by atoms with Crippen molar-refractivity contribution < 1.29 is 14.7 Å². The van der Waals surface area contributed by atoms with Gasteiger partial charge >= 0.3 is 5.97 Å². The van der Waals surface area contributed by atoms with E-state index in [9.17, 15) is 9.59 Å². The minimum absolute atomic E-state index is 0.0551. The number of benzene rings is 1. The number of carboxylic acids is 1. The molecule has 1 rings (SSSR count). The van der Waals surface area contributed by atoms with Crippen molar-refractivity contribution in [3.05, 3.63) is 35.9 Å². The number of anilines is 1. The highest BCUT2D eigenvalue weighted by atomic mass is 16.4. The molecule has 0 heterocycles. The number of nitrogens with zero attached hydrogens (tertiary/aromatic N) is 2. The Balaban J connectivity index is 2.89. The Labute approximate surface area is 125 Å². The highest BCUT2D eigenvalue weighted by molar-refractivity contribution is 5.88. The van der Waals surface area contributed by atoms with Gasteiger partial charge in [-0.15, -0.1) is 0 Å². The van der Waals surface area contributed by atoms with E-state index in [1.807, 2.05) is 50.1 Å². The third kappa shape index (κ3) is 4.95. The van der Waals surface area contributed by atoms with E-state index < -0.39 is 5.97 Å². The quantitative estimate of drug-likeness (QED) is 0.781. The Morgan fingerprint density at radius 2 is 1.81 bits per heavy atom. The molecule has 0 spiro atoms. The van der Waals surface area contributed by atoms with E-state index in [-0.39, 0.29) is 12.5 Å². The largest absolute Gasteiger partial charge is 0.478 e. The molecule has 0 bridgehead atoms. The maximum atomic E-state index is 12.1. The van der Waals surface area contributed by atoms with Crippen LogP contribution in [0.15, 0.2) is 30.3 Å². The monoisotopic (exact) mass is 290 g/mol. The van der Waals surface area contributed by atoms with Gasteiger partial charge in [0.1, 0.15) is 0 Å². The van der Waals surface area contributed by atoms with Crippen LogP contribution in [0.3, 0.4) is 0 Å². The van der Waals surface area contributed by atoms with Gasteiger partial charge in [-0.25, -0.2) is 4.79 Å². The summed E-state index contributed by atoms with van der Waals surface area (Å²) in [5, 5.41) is 8.73. The highest BCUT2D eigenvalue weighted by Gasteiger charge is 2.14. The van der Waals surface area contributed by atoms with E-state index >= 15 is 0 Å². The summed E-state index contributed by atoms with van der Waals surface area (Å²) in [6.45, 7) is 5.53. The number of hydrogen-bond donors (Lipinski definition) is 1. The highest BCUT2D eigenvalue weighted by Crippen LogP contribution is 2.20. The maximum absolute atomic E-state index is 12.1. The molecule has 0 saturated heterocycles. The second kappa shape index (κ2) is 8.09. The second-order valence-electron chi connectivity index (χ2n) is 4.65. The Kier molecular flexibility index (Phi) is 6.46. The van der Waals surface area contributed by atoms with E-state index in [0.29, 0.717) is 13.1 Å². The van der Waals surface area contributed by atoms with Crippen molar-refractivity contribution >= 4 is 23.6 Å². The number of likely N-dealkylation sites (N-methyl/N-ethyl adjacent to an activating group) is 2. The number of carboxylic acid groups (broad SMARTS) is 1. The molecule has 1 amide bonds. The summed E-state index contributed by atoms with van der Waals surface area (Å²) in [5.41, 5.74) is 1.60. The molecule has 21 heavy (non-hydrogen) atoms. The molecule has 0 aliphatic carbocycles. The molecule has 1 aromatic carbocycles. The molecular weight excluding hydrogens is 268 g/mol. The summed E-state index contributed by atoms with van der Waals surface area (Å²) in [6, 6.07) is 7.40. The van der Waals surface area contributed by atoms with Gasteiger partial charge in [0, 0.05) is 31.9 Å². The number of aliphatic carboxylic acids is 1. The summed E-state index contributed by atoms with van der Waals surface area (Å²) in [6.07, 6.45) is 2.63. The number of hydrogen-bond acceptors (Lipinski definition) is 3. The Morgan fingerprint density at radius 3 is 2.38 bits per heavy atom. The van der Waals surface area contributed by atoms with Gasteiger partial charge in [-0.3, -0.25) is 4.79 Å². The van der Waals surface area contributed by atoms with Crippen LogP contribution >= 0.6 is 0 Å². The molecule has 5 nitrogen and oxygen atoms in total. The first kappa shape index (κ1) is 16.8. The summed E-state index contributed by atoms with van der Waals surface area (Å²) in [4.78, 5) is 26.4. The van der Waals surface area contributed by atoms with Crippen molar-refractivity contribution in [1.29, 1.82) is 0 Å². The zero-order valence-electron chi connectivity index (χ0n) is 12.7. The predicted octanol–water partition coefficient (Wildman–Crippen LogP) is 2.09. The molecule has 0 atom stereocenters. The molecule has 114 valence electrons. The Morgan fingerprint density at radius 1 is 1.19 bits per heavy atom. The fraction of sp³-hybridized carbons (Fsp3) is 0.375. The van der Waals surface area contributed by atoms with Crippen molar-refractivity contribution in [2.24, 2.45) is 0 Å². The van der Waals surface area contributed by atoms with Gasteiger partial charge in [0.15, 0.2) is 0 Å². The van der Waals surface area contributed by atoms with Gasteiger partial charge in [-0.2, -0.15) is 0 Å². The molecule has 0 aliphatic rings. The lowest BCUT2D eigenvalue weighted by Gasteiger charge is -2.25. The third-order valence-corrected chi connectivity index (χ3v) is 3.24. The second-order valence-corrected chi connectivity index (χ2v) is 4.65. The first-order valence-electron chi connectivity index (χ1n) is 6.98. The molecule has 0 radical (unpaired) electrons. The molecule has 5 heteroatoms. The Bertz CT molecular complexity index is 522. The van der Waals surface area contributed by atoms with Crippen LogP contribution in [0.4, 0.5) is 5.69 Å². The lowest BCUT2D eigenvalue weighted by atomic mass is 10.1. The number of para-hydroxylation sites is 1. The van der Waals surface area contributed by atoms with Crippen molar-refractivity contribution in [1.82, 2.24) is 4.90 Å². The third-order valence-electron chi connectivity index (χ3n) is 3.24. The normalized spacial score (nSPS) is 10.6. The van der Waals surface area contributed by atoms with Crippen molar-refractivity contribution in [2.45, 2.75) is 13.8 Å². The van der Waals surface area contributed by atoms with Crippen molar-refractivity contribution in [3.8, 4) is 0 Å². The first-order chi connectivity index (χ1) is 9.99. The number of rotatable bonds is 7. The summed E-state index contributed by atoms with van der Waals surface area (Å²) < 4.78 is 0. The molecule has 0 unspecified atom stereocenters. The summed E-state index contributed by atoms with van der Waals surface area (Å²) in [7, 11) is 1.83. The SMILES string of the molecule is CCN(CC)C(=O)CN(C)c1ccccc1C=CC(=O)O. The fourth-order valence-electron chi connectivity index (χ4n) is 2.10. The van der Waals surface area contributed by atoms with Gasteiger partial charge in [0.25, 0.3) is 0 Å². The van der Waals surface area contributed by atoms with Gasteiger partial charge in [0.2, 0.25) is 5.91 Å². The summed E-state index contributed by atoms with van der Waals surface area (Å²) in [5.74, 6) is -0.939. The minimum atomic E-state index is -0.994. The molecule has 0 aromatic heterocycles. The summed E-state index contributed by atoms with van der Waals surface area (Å²) >= 11 is 0.